The first-order chi connectivity index (χ1) is 11.2. The van der Waals surface area contributed by atoms with Gasteiger partial charge in [-0.05, 0) is 0 Å². The van der Waals surface area contributed by atoms with Crippen LogP contribution in [0.25, 0.3) is 5.73 Å². The summed E-state index contributed by atoms with van der Waals surface area (Å²) in [5.74, 6) is -1.87. The number of carboxylic acids is 1. The van der Waals surface area contributed by atoms with Crippen LogP contribution in [0.15, 0.2) is 0 Å². The van der Waals surface area contributed by atoms with Gasteiger partial charge in [-0.3, -0.25) is 0 Å². The third-order valence-electron chi connectivity index (χ3n) is 3.97. The molecule has 0 aromatic heterocycles. The van der Waals surface area contributed by atoms with Gasteiger partial charge >= 0.3 is 0 Å². The van der Waals surface area contributed by atoms with Crippen molar-refractivity contribution in [1.29, 1.82) is 0 Å². The summed E-state index contributed by atoms with van der Waals surface area (Å²) < 4.78 is 14.9. The molecule has 0 bridgehead atoms. The first-order valence-corrected chi connectivity index (χ1v) is 7.08. The maximum Gasteiger partial charge on any atom is 0.187 e. The predicted molar refractivity (Wildman–Crippen MR) is 68.6 cm³/mol. The molecule has 1 radical (unpaired) electrons. The first kappa shape index (κ1) is 23.2. The molecule has 25 heavy (non-hydrogen) atoms. The molecular weight excluding hydrogens is 423 g/mol. The van der Waals surface area contributed by atoms with Crippen LogP contribution in [0.4, 0.5) is 0 Å². The smallest absolute Gasteiger partial charge is 0.187 e. The third kappa shape index (κ3) is 4.72. The Labute approximate surface area is 167 Å². The van der Waals surface area contributed by atoms with Gasteiger partial charge in [0.2, 0.25) is 0 Å². The van der Waals surface area contributed by atoms with Gasteiger partial charge in [-0.2, -0.15) is 0 Å². The van der Waals surface area contributed by atoms with Crippen LogP contribution in [0.3, 0.4) is 0 Å². The van der Waals surface area contributed by atoms with E-state index in [1.165, 1.54) is 0 Å². The molecule has 5 unspecified atom stereocenters. The van der Waals surface area contributed by atoms with Gasteiger partial charge < -0.3 is 60.5 Å². The Hall–Kier alpha value is 0.174. The fourth-order valence-corrected chi connectivity index (χ4v) is 2.56. The molecule has 7 N–H and O–H groups in total. The molecule has 143 valence electrons. The van der Waals surface area contributed by atoms with Crippen molar-refractivity contribution in [3.63, 3.8) is 0 Å². The van der Waals surface area contributed by atoms with Crippen LogP contribution >= 0.6 is 0 Å². The second kappa shape index (κ2) is 9.39. The molecule has 0 saturated carbocycles. The van der Waals surface area contributed by atoms with Gasteiger partial charge in [0.1, 0.15) is 42.9 Å². The van der Waals surface area contributed by atoms with Gasteiger partial charge in [-0.15, -0.1) is 0 Å². The molecule has 0 aromatic carbocycles. The zero-order chi connectivity index (χ0) is 18.2. The van der Waals surface area contributed by atoms with Crippen LogP contribution in [-0.4, -0.2) is 105 Å². The normalized spacial score (nSPS) is 47.8. The summed E-state index contributed by atoms with van der Waals surface area (Å²) in [5, 5.41) is 68.6. The summed E-state index contributed by atoms with van der Waals surface area (Å²) >= 11 is 0. The maximum absolute atomic E-state index is 10.9. The van der Waals surface area contributed by atoms with E-state index in [1.54, 1.807) is 0 Å². The van der Waals surface area contributed by atoms with Crippen LogP contribution in [0.2, 0.25) is 0 Å². The third-order valence-corrected chi connectivity index (χ3v) is 3.97. The summed E-state index contributed by atoms with van der Waals surface area (Å²) in [5.41, 5.74) is 7.54. The molecule has 13 heteroatoms. The van der Waals surface area contributed by atoms with Crippen molar-refractivity contribution in [2.24, 2.45) is 0 Å². The number of aliphatic carboxylic acids is 1. The fraction of sp³-hybridized carbons (Fsp3) is 0.917. The minimum atomic E-state index is -2.01. The van der Waals surface area contributed by atoms with Gasteiger partial charge in [0, 0.05) is 32.7 Å². The molecule has 10 atom stereocenters. The van der Waals surface area contributed by atoms with Crippen LogP contribution in [0, 0.1) is 0 Å². The molecule has 0 aliphatic carbocycles. The van der Waals surface area contributed by atoms with E-state index in [4.69, 9.17) is 19.9 Å². The number of hydrogen-bond donors (Lipinski definition) is 6. The molecule has 2 heterocycles. The minimum absolute atomic E-state index is 0. The van der Waals surface area contributed by atoms with E-state index < -0.39 is 73.9 Å². The Kier molecular flexibility index (Phi) is 8.72. The molecule has 2 saturated heterocycles. The number of nitrogens with one attached hydrogen (secondary N) is 1. The Morgan fingerprint density at radius 1 is 1.04 bits per heavy atom. The van der Waals surface area contributed by atoms with E-state index in [9.17, 15) is 40.5 Å². The van der Waals surface area contributed by atoms with Crippen LogP contribution in [0.1, 0.15) is 0 Å². The first-order valence-electron chi connectivity index (χ1n) is 7.08. The topological polar surface area (TPSA) is 213 Å². The fourth-order valence-electron chi connectivity index (χ4n) is 2.56. The monoisotopic (exact) mass is 442 g/mol. The molecule has 2 rings (SSSR count). The number of carboxylic acid groups (broad SMARTS) is 1. The van der Waals surface area contributed by atoms with Gasteiger partial charge in [0.25, 0.3) is 0 Å². The van der Waals surface area contributed by atoms with Gasteiger partial charge in [0.15, 0.2) is 6.29 Å². The standard InChI is InChI=1S/C12H20NO11.Y/c13-3-4(15)8(2(1-14)22-11(3)21)23-12-7(18)5(16)6(17)9(24-12)10(19)20;/h2-9,11-18,21H,1H2,(H,19,20);/q-1;/p-1/t2?,3?,4?,5?,6-,7-,8-,9?,11+,12-;/m1./s1. The Morgan fingerprint density at radius 3 is 2.16 bits per heavy atom. The van der Waals surface area contributed by atoms with Crippen LogP contribution in [0.5, 0.6) is 0 Å². The number of hydrogen-bond acceptors (Lipinski definition) is 11. The zero-order valence-corrected chi connectivity index (χ0v) is 15.6. The van der Waals surface area contributed by atoms with E-state index in [0.29, 0.717) is 0 Å². The quantitative estimate of drug-likeness (QED) is 0.241. The van der Waals surface area contributed by atoms with E-state index in [1.807, 2.05) is 0 Å². The van der Waals surface area contributed by atoms with Crippen molar-refractivity contribution in [3.05, 3.63) is 5.73 Å². The van der Waals surface area contributed by atoms with E-state index >= 15 is 0 Å². The van der Waals surface area contributed by atoms with Crippen molar-refractivity contribution in [2.75, 3.05) is 6.61 Å². The van der Waals surface area contributed by atoms with Gasteiger partial charge in [-0.25, -0.2) is 0 Å². The average Bonchev–Trinajstić information content (AvgIpc) is 2.54. The van der Waals surface area contributed by atoms with Crippen LogP contribution in [-0.2, 0) is 51.7 Å². The summed E-state index contributed by atoms with van der Waals surface area (Å²) in [4.78, 5) is 10.9. The molecule has 2 fully saturated rings. The van der Waals surface area contributed by atoms with Crippen molar-refractivity contribution in [3.8, 4) is 0 Å². The molecule has 2 aliphatic rings. The predicted octanol–water partition coefficient (Wildman–Crippen LogP) is -5.58. The van der Waals surface area contributed by atoms with Crippen LogP contribution < -0.4 is 5.11 Å². The summed E-state index contributed by atoms with van der Waals surface area (Å²) in [6, 6.07) is -1.56. The van der Waals surface area contributed by atoms with E-state index in [-0.39, 0.29) is 32.7 Å². The Balaban J connectivity index is 0.00000312. The largest absolute Gasteiger partial charge is 0.668 e. The number of ether oxygens (including phenoxy) is 3. The number of carbonyl (C=O) groups is 1. The van der Waals surface area contributed by atoms with Crippen molar-refractivity contribution in [1.82, 2.24) is 0 Å². The molecule has 12 nitrogen and oxygen atoms in total. The molecule has 0 spiro atoms. The van der Waals surface area contributed by atoms with Crippen molar-refractivity contribution >= 4 is 5.97 Å². The second-order valence-electron chi connectivity index (χ2n) is 5.58. The summed E-state index contributed by atoms with van der Waals surface area (Å²) in [7, 11) is 0. The van der Waals surface area contributed by atoms with Crippen molar-refractivity contribution in [2.45, 2.75) is 61.3 Å². The maximum atomic E-state index is 10.9. The van der Waals surface area contributed by atoms with Gasteiger partial charge in [-0.1, -0.05) is 6.04 Å². The SMILES string of the molecule is [NH-]C1C(O)[C@H](O[C@@H]2OC(C(=O)[O-])[C@H](O)C(O)[C@H]2O)C(CO)O[C@@H]1O.[Y]. The summed E-state index contributed by atoms with van der Waals surface area (Å²) in [6.07, 6.45) is -15.8. The zero-order valence-electron chi connectivity index (χ0n) is 12.8. The second-order valence-corrected chi connectivity index (χ2v) is 5.58. The minimum Gasteiger partial charge on any atom is -0.668 e. The van der Waals surface area contributed by atoms with E-state index in [0.717, 1.165) is 0 Å². The van der Waals surface area contributed by atoms with Gasteiger partial charge in [0.05, 0.1) is 18.7 Å². The Morgan fingerprint density at radius 2 is 1.64 bits per heavy atom. The van der Waals surface area contributed by atoms with Crippen molar-refractivity contribution < 1.29 is 87.5 Å². The Bertz CT molecular complexity index is 455. The number of carbonyl (C=O) groups excluding carboxylic acids is 1. The average molecular weight is 442 g/mol. The number of aliphatic hydroxyl groups is 6. The van der Waals surface area contributed by atoms with E-state index in [2.05, 4.69) is 0 Å². The number of aliphatic hydroxyl groups excluding tert-OH is 6. The molecule has 0 aromatic rings. The number of rotatable bonds is 4. The molecule has 0 amide bonds. The molecule has 2 aliphatic heterocycles. The molecular formula is C12H19NO11Y-2. The summed E-state index contributed by atoms with van der Waals surface area (Å²) in [6.45, 7) is -0.733.